The molecule has 0 aliphatic carbocycles. The maximum Gasteiger partial charge on any atom is 0.304 e. The fourth-order valence-electron chi connectivity index (χ4n) is 1.16. The first kappa shape index (κ1) is 11.9. The first-order chi connectivity index (χ1) is 8.16. The molecule has 0 saturated heterocycles. The van der Waals surface area contributed by atoms with E-state index in [9.17, 15) is 14.5 Å². The van der Waals surface area contributed by atoms with Crippen LogP contribution in [0.2, 0.25) is 0 Å². The Morgan fingerprint density at radius 3 is 2.94 bits per heavy atom. The van der Waals surface area contributed by atoms with Crippen LogP contribution >= 0.6 is 23.3 Å². The highest BCUT2D eigenvalue weighted by atomic mass is 32.2. The van der Waals surface area contributed by atoms with Crippen molar-refractivity contribution in [2.45, 2.75) is 10.1 Å². The predicted molar refractivity (Wildman–Crippen MR) is 62.5 cm³/mol. The maximum absolute atomic E-state index is 13.3. The molecule has 1 aromatic carbocycles. The summed E-state index contributed by atoms with van der Waals surface area (Å²) in [6.07, 6.45) is 1.45. The number of halogens is 1. The summed E-state index contributed by atoms with van der Waals surface area (Å²) in [5.74, 6) is -0.310. The van der Waals surface area contributed by atoms with E-state index in [2.05, 4.69) is 9.36 Å². The topological polar surface area (TPSA) is 68.9 Å². The molecule has 0 aliphatic heterocycles. The van der Waals surface area contributed by atoms with Crippen LogP contribution in [0.1, 0.15) is 5.56 Å². The molecule has 2 aromatic rings. The van der Waals surface area contributed by atoms with Crippen molar-refractivity contribution in [2.24, 2.45) is 0 Å². The van der Waals surface area contributed by atoms with Crippen molar-refractivity contribution in [3.63, 3.8) is 0 Å². The van der Waals surface area contributed by atoms with Crippen molar-refractivity contribution in [1.82, 2.24) is 9.36 Å². The molecule has 88 valence electrons. The molecule has 1 heterocycles. The van der Waals surface area contributed by atoms with Crippen molar-refractivity contribution in [3.8, 4) is 0 Å². The van der Waals surface area contributed by atoms with Gasteiger partial charge >= 0.3 is 5.69 Å². The summed E-state index contributed by atoms with van der Waals surface area (Å²) >= 11 is 2.67. The van der Waals surface area contributed by atoms with Gasteiger partial charge in [-0.3, -0.25) is 10.1 Å². The Hall–Kier alpha value is -1.54. The van der Waals surface area contributed by atoms with Crippen molar-refractivity contribution >= 4 is 29.0 Å². The molecule has 5 nitrogen and oxygen atoms in total. The van der Waals surface area contributed by atoms with E-state index in [1.54, 1.807) is 0 Å². The minimum Gasteiger partial charge on any atom is -0.258 e. The summed E-state index contributed by atoms with van der Waals surface area (Å²) in [6, 6.07) is 3.88. The molecule has 2 rings (SSSR count). The quantitative estimate of drug-likeness (QED) is 0.486. The molecule has 8 heteroatoms. The van der Waals surface area contributed by atoms with E-state index < -0.39 is 16.4 Å². The fraction of sp³-hybridized carbons (Fsp3) is 0.111. The lowest BCUT2D eigenvalue weighted by Crippen LogP contribution is -1.93. The Morgan fingerprint density at radius 1 is 1.53 bits per heavy atom. The van der Waals surface area contributed by atoms with Crippen LogP contribution in [0.5, 0.6) is 0 Å². The van der Waals surface area contributed by atoms with Crippen LogP contribution in [-0.2, 0) is 5.75 Å². The first-order valence-corrected chi connectivity index (χ1v) is 6.25. The Bertz CT molecular complexity index is 533. The lowest BCUT2D eigenvalue weighted by molar-refractivity contribution is -0.387. The Balaban J connectivity index is 2.07. The van der Waals surface area contributed by atoms with Gasteiger partial charge in [0.1, 0.15) is 6.33 Å². The Labute approximate surface area is 104 Å². The molecule has 0 bridgehead atoms. The molecule has 0 atom stereocenters. The van der Waals surface area contributed by atoms with Crippen molar-refractivity contribution in [1.29, 1.82) is 0 Å². The van der Waals surface area contributed by atoms with E-state index in [1.165, 1.54) is 47.8 Å². The summed E-state index contributed by atoms with van der Waals surface area (Å²) in [5.41, 5.74) is 0.169. The average Bonchev–Trinajstić information content (AvgIpc) is 2.78. The summed E-state index contributed by atoms with van der Waals surface area (Å²) in [5, 5.41) is 10.4. The molecule has 0 spiro atoms. The highest BCUT2D eigenvalue weighted by molar-refractivity contribution is 8.00. The van der Waals surface area contributed by atoms with E-state index in [-0.39, 0.29) is 0 Å². The van der Waals surface area contributed by atoms with E-state index in [0.717, 1.165) is 4.34 Å². The second-order valence-corrected chi connectivity index (χ2v) is 5.04. The number of hydrogen-bond donors (Lipinski definition) is 0. The van der Waals surface area contributed by atoms with Crippen LogP contribution in [0.15, 0.2) is 28.9 Å². The fourth-order valence-corrected chi connectivity index (χ4v) is 2.55. The average molecular weight is 271 g/mol. The molecule has 0 unspecified atom stereocenters. The summed E-state index contributed by atoms with van der Waals surface area (Å²) in [7, 11) is 0. The smallest absolute Gasteiger partial charge is 0.258 e. The summed E-state index contributed by atoms with van der Waals surface area (Å²) in [6.45, 7) is 0. The van der Waals surface area contributed by atoms with Crippen molar-refractivity contribution < 1.29 is 9.31 Å². The number of benzene rings is 1. The van der Waals surface area contributed by atoms with Crippen LogP contribution < -0.4 is 0 Å². The molecule has 0 aliphatic rings. The SMILES string of the molecule is O=[N+]([O-])c1ccc(CSc2ncns2)cc1F. The number of nitro benzene ring substituents is 1. The molecule has 17 heavy (non-hydrogen) atoms. The van der Waals surface area contributed by atoms with Crippen LogP contribution in [0.4, 0.5) is 10.1 Å². The third-order valence-corrected chi connectivity index (χ3v) is 3.78. The van der Waals surface area contributed by atoms with Gasteiger partial charge in [0.25, 0.3) is 0 Å². The molecule has 0 radical (unpaired) electrons. The number of thioether (sulfide) groups is 1. The van der Waals surface area contributed by atoms with Gasteiger partial charge < -0.3 is 0 Å². The minimum atomic E-state index is -0.814. The van der Waals surface area contributed by atoms with Crippen LogP contribution in [0.3, 0.4) is 0 Å². The first-order valence-electron chi connectivity index (χ1n) is 4.49. The van der Waals surface area contributed by atoms with Crippen LogP contribution in [0, 0.1) is 15.9 Å². The van der Waals surface area contributed by atoms with E-state index in [4.69, 9.17) is 0 Å². The van der Waals surface area contributed by atoms with Gasteiger partial charge in [0.05, 0.1) is 4.92 Å². The normalized spacial score (nSPS) is 10.4. The zero-order valence-corrected chi connectivity index (χ0v) is 10.0. The van der Waals surface area contributed by atoms with Crippen LogP contribution in [0.25, 0.3) is 0 Å². The highest BCUT2D eigenvalue weighted by Crippen LogP contribution is 2.25. The molecule has 0 saturated carbocycles. The van der Waals surface area contributed by atoms with Gasteiger partial charge in [0.15, 0.2) is 4.34 Å². The van der Waals surface area contributed by atoms with Gasteiger partial charge in [0.2, 0.25) is 5.82 Å². The predicted octanol–water partition coefficient (Wildman–Crippen LogP) is 2.88. The maximum atomic E-state index is 13.3. The van der Waals surface area contributed by atoms with Crippen molar-refractivity contribution in [3.05, 3.63) is 46.0 Å². The second kappa shape index (κ2) is 5.19. The lowest BCUT2D eigenvalue weighted by Gasteiger charge is -1.99. The Kier molecular flexibility index (Phi) is 3.64. The lowest BCUT2D eigenvalue weighted by atomic mass is 10.2. The van der Waals surface area contributed by atoms with Crippen LogP contribution in [-0.4, -0.2) is 14.3 Å². The zero-order valence-electron chi connectivity index (χ0n) is 8.37. The number of aromatic nitrogens is 2. The van der Waals surface area contributed by atoms with E-state index in [0.29, 0.717) is 11.3 Å². The summed E-state index contributed by atoms with van der Waals surface area (Å²) in [4.78, 5) is 13.7. The highest BCUT2D eigenvalue weighted by Gasteiger charge is 2.13. The van der Waals surface area contributed by atoms with Gasteiger partial charge in [0, 0.05) is 11.8 Å². The molecular formula is C9H6FN3O2S2. The zero-order chi connectivity index (χ0) is 12.3. The molecular weight excluding hydrogens is 265 g/mol. The number of hydrogen-bond acceptors (Lipinski definition) is 6. The molecule has 0 N–H and O–H groups in total. The second-order valence-electron chi connectivity index (χ2n) is 3.04. The summed E-state index contributed by atoms with van der Waals surface area (Å²) < 4.78 is 17.9. The van der Waals surface area contributed by atoms with Gasteiger partial charge in [-0.25, -0.2) is 4.98 Å². The number of nitro groups is 1. The Morgan fingerprint density at radius 2 is 2.35 bits per heavy atom. The van der Waals surface area contributed by atoms with Gasteiger partial charge in [-0.15, -0.1) is 0 Å². The van der Waals surface area contributed by atoms with Gasteiger partial charge in [-0.05, 0) is 23.2 Å². The number of nitrogens with zero attached hydrogens (tertiary/aromatic N) is 3. The van der Waals surface area contributed by atoms with Crippen molar-refractivity contribution in [2.75, 3.05) is 0 Å². The third kappa shape index (κ3) is 2.98. The molecule has 0 amide bonds. The monoisotopic (exact) mass is 271 g/mol. The van der Waals surface area contributed by atoms with Gasteiger partial charge in [-0.2, -0.15) is 8.76 Å². The standard InChI is InChI=1S/C9H6FN3O2S2/c10-7-3-6(1-2-8(7)13(14)15)4-16-9-11-5-12-17-9/h1-3,5H,4H2. The largest absolute Gasteiger partial charge is 0.304 e. The molecule has 1 aromatic heterocycles. The minimum absolute atomic E-state index is 0.504. The molecule has 0 fully saturated rings. The third-order valence-electron chi connectivity index (χ3n) is 1.91. The number of rotatable bonds is 4. The van der Waals surface area contributed by atoms with E-state index in [1.807, 2.05) is 0 Å². The van der Waals surface area contributed by atoms with Gasteiger partial charge in [-0.1, -0.05) is 17.8 Å². The van der Waals surface area contributed by atoms with E-state index >= 15 is 0 Å².